The van der Waals surface area contributed by atoms with E-state index in [1.54, 1.807) is 32.1 Å². The normalized spacial score (nSPS) is 13.0. The Morgan fingerprint density at radius 3 is 2.58 bits per heavy atom. The van der Waals surface area contributed by atoms with Crippen LogP contribution in [0.2, 0.25) is 0 Å². The summed E-state index contributed by atoms with van der Waals surface area (Å²) in [6.07, 6.45) is 1.96. The molecule has 106 valence electrons. The molecule has 2 N–H and O–H groups in total. The largest absolute Gasteiger partial charge is 0.480 e. The molecule has 1 rings (SSSR count). The van der Waals surface area contributed by atoms with Gasteiger partial charge in [-0.05, 0) is 29.7 Å². The molecule has 19 heavy (non-hydrogen) atoms. The SMILES string of the molecule is CC(C)(C)[C@@H](NC(=O)CCCc1cccs1)C(=O)O. The van der Waals surface area contributed by atoms with Crippen LogP contribution in [0.25, 0.3) is 0 Å². The first-order valence-electron chi connectivity index (χ1n) is 6.35. The van der Waals surface area contributed by atoms with Crippen LogP contribution in [0.3, 0.4) is 0 Å². The Hall–Kier alpha value is -1.36. The monoisotopic (exact) mass is 283 g/mol. The van der Waals surface area contributed by atoms with Crippen molar-refractivity contribution in [3.8, 4) is 0 Å². The van der Waals surface area contributed by atoms with Crippen molar-refractivity contribution in [1.82, 2.24) is 5.32 Å². The minimum atomic E-state index is -0.987. The number of carboxylic acids is 1. The van der Waals surface area contributed by atoms with Gasteiger partial charge in [-0.15, -0.1) is 11.3 Å². The number of aryl methyl sites for hydroxylation is 1. The molecule has 0 bridgehead atoms. The summed E-state index contributed by atoms with van der Waals surface area (Å²) in [5.41, 5.74) is -0.491. The molecule has 0 spiro atoms. The fraction of sp³-hybridized carbons (Fsp3) is 0.571. The fourth-order valence-corrected chi connectivity index (χ4v) is 2.51. The summed E-state index contributed by atoms with van der Waals surface area (Å²) in [6.45, 7) is 5.41. The van der Waals surface area contributed by atoms with Crippen LogP contribution >= 0.6 is 11.3 Å². The van der Waals surface area contributed by atoms with Gasteiger partial charge in [0, 0.05) is 11.3 Å². The highest BCUT2D eigenvalue weighted by atomic mass is 32.1. The average molecular weight is 283 g/mol. The van der Waals surface area contributed by atoms with Gasteiger partial charge in [0.05, 0.1) is 0 Å². The van der Waals surface area contributed by atoms with Crippen molar-refractivity contribution in [2.75, 3.05) is 0 Å². The molecule has 0 saturated carbocycles. The lowest BCUT2D eigenvalue weighted by atomic mass is 9.86. The van der Waals surface area contributed by atoms with Crippen LogP contribution in [0.1, 0.15) is 38.5 Å². The van der Waals surface area contributed by atoms with Crippen molar-refractivity contribution >= 4 is 23.2 Å². The van der Waals surface area contributed by atoms with E-state index in [1.165, 1.54) is 4.88 Å². The number of amides is 1. The Morgan fingerprint density at radius 2 is 2.11 bits per heavy atom. The molecule has 5 heteroatoms. The first-order valence-corrected chi connectivity index (χ1v) is 7.23. The molecule has 0 unspecified atom stereocenters. The van der Waals surface area contributed by atoms with Gasteiger partial charge in [0.2, 0.25) is 5.91 Å². The molecule has 1 atom stereocenters. The van der Waals surface area contributed by atoms with Gasteiger partial charge in [-0.1, -0.05) is 26.8 Å². The smallest absolute Gasteiger partial charge is 0.326 e. The van der Waals surface area contributed by atoms with E-state index in [1.807, 2.05) is 17.5 Å². The number of nitrogens with one attached hydrogen (secondary N) is 1. The third kappa shape index (κ3) is 5.42. The van der Waals surface area contributed by atoms with Crippen LogP contribution in [0.5, 0.6) is 0 Å². The fourth-order valence-electron chi connectivity index (χ4n) is 1.76. The highest BCUT2D eigenvalue weighted by molar-refractivity contribution is 7.09. The lowest BCUT2D eigenvalue weighted by molar-refractivity contribution is -0.144. The van der Waals surface area contributed by atoms with Crippen LogP contribution in [-0.4, -0.2) is 23.0 Å². The van der Waals surface area contributed by atoms with Gasteiger partial charge in [0.15, 0.2) is 0 Å². The number of carboxylic acid groups (broad SMARTS) is 1. The van der Waals surface area contributed by atoms with Crippen molar-refractivity contribution in [3.05, 3.63) is 22.4 Å². The summed E-state index contributed by atoms with van der Waals surface area (Å²) >= 11 is 1.67. The number of rotatable bonds is 6. The summed E-state index contributed by atoms with van der Waals surface area (Å²) in [5, 5.41) is 13.7. The molecule has 1 amide bonds. The lowest BCUT2D eigenvalue weighted by Gasteiger charge is -2.27. The Bertz CT molecular complexity index is 420. The Morgan fingerprint density at radius 1 is 1.42 bits per heavy atom. The van der Waals surface area contributed by atoms with Gasteiger partial charge in [-0.3, -0.25) is 4.79 Å². The molecule has 0 saturated heterocycles. The third-order valence-corrected chi connectivity index (χ3v) is 3.76. The van der Waals surface area contributed by atoms with Crippen LogP contribution in [0.15, 0.2) is 17.5 Å². The van der Waals surface area contributed by atoms with E-state index < -0.39 is 17.4 Å². The van der Waals surface area contributed by atoms with Gasteiger partial charge < -0.3 is 10.4 Å². The molecule has 1 aromatic heterocycles. The quantitative estimate of drug-likeness (QED) is 0.843. The van der Waals surface area contributed by atoms with Crippen LogP contribution in [-0.2, 0) is 16.0 Å². The maximum Gasteiger partial charge on any atom is 0.326 e. The summed E-state index contributed by atoms with van der Waals surface area (Å²) < 4.78 is 0. The molecule has 1 heterocycles. The second-order valence-electron chi connectivity index (χ2n) is 5.64. The lowest BCUT2D eigenvalue weighted by Crippen LogP contribution is -2.49. The van der Waals surface area contributed by atoms with Crippen molar-refractivity contribution in [2.24, 2.45) is 5.41 Å². The van der Waals surface area contributed by atoms with Crippen molar-refractivity contribution in [1.29, 1.82) is 0 Å². The molecule has 0 aliphatic heterocycles. The Balaban J connectivity index is 2.39. The molecular formula is C14H21NO3S. The van der Waals surface area contributed by atoms with E-state index in [9.17, 15) is 9.59 Å². The number of thiophene rings is 1. The van der Waals surface area contributed by atoms with Crippen LogP contribution in [0.4, 0.5) is 0 Å². The average Bonchev–Trinajstić information content (AvgIpc) is 2.77. The summed E-state index contributed by atoms with van der Waals surface area (Å²) in [7, 11) is 0. The van der Waals surface area contributed by atoms with Crippen LogP contribution in [0, 0.1) is 5.41 Å². The zero-order valence-electron chi connectivity index (χ0n) is 11.6. The van der Waals surface area contributed by atoms with E-state index in [4.69, 9.17) is 5.11 Å². The van der Waals surface area contributed by atoms with Crippen molar-refractivity contribution < 1.29 is 14.7 Å². The number of carbonyl (C=O) groups is 2. The minimum absolute atomic E-state index is 0.195. The van der Waals surface area contributed by atoms with Gasteiger partial charge in [-0.25, -0.2) is 4.79 Å². The predicted molar refractivity (Wildman–Crippen MR) is 76.3 cm³/mol. The van der Waals surface area contributed by atoms with E-state index in [2.05, 4.69) is 5.32 Å². The zero-order valence-corrected chi connectivity index (χ0v) is 12.4. The second kappa shape index (κ2) is 6.70. The first-order chi connectivity index (χ1) is 8.80. The first kappa shape index (κ1) is 15.7. The highest BCUT2D eigenvalue weighted by Gasteiger charge is 2.32. The van der Waals surface area contributed by atoms with Gasteiger partial charge in [-0.2, -0.15) is 0 Å². The van der Waals surface area contributed by atoms with Gasteiger partial charge in [0.25, 0.3) is 0 Å². The maximum absolute atomic E-state index is 11.8. The number of hydrogen-bond donors (Lipinski definition) is 2. The van der Waals surface area contributed by atoms with Gasteiger partial charge >= 0.3 is 5.97 Å². The van der Waals surface area contributed by atoms with Crippen molar-refractivity contribution in [3.63, 3.8) is 0 Å². The number of aliphatic carboxylic acids is 1. The molecule has 0 aromatic carbocycles. The molecule has 4 nitrogen and oxygen atoms in total. The van der Waals surface area contributed by atoms with Crippen LogP contribution < -0.4 is 5.32 Å². The third-order valence-electron chi connectivity index (χ3n) is 2.83. The van der Waals surface area contributed by atoms with E-state index in [0.29, 0.717) is 6.42 Å². The van der Waals surface area contributed by atoms with Crippen molar-refractivity contribution in [2.45, 2.75) is 46.1 Å². The minimum Gasteiger partial charge on any atom is -0.480 e. The van der Waals surface area contributed by atoms with Gasteiger partial charge in [0.1, 0.15) is 6.04 Å². The predicted octanol–water partition coefficient (Wildman–Crippen LogP) is 2.69. The van der Waals surface area contributed by atoms with E-state index in [0.717, 1.165) is 12.8 Å². The van der Waals surface area contributed by atoms with E-state index >= 15 is 0 Å². The number of carbonyl (C=O) groups excluding carboxylic acids is 1. The molecule has 1 aromatic rings. The summed E-state index contributed by atoms with van der Waals surface area (Å²) in [4.78, 5) is 24.1. The summed E-state index contributed by atoms with van der Waals surface area (Å²) in [6, 6.07) is 3.18. The molecule has 0 aliphatic rings. The molecule has 0 radical (unpaired) electrons. The topological polar surface area (TPSA) is 66.4 Å². The zero-order chi connectivity index (χ0) is 14.5. The highest BCUT2D eigenvalue weighted by Crippen LogP contribution is 2.19. The Kier molecular flexibility index (Phi) is 5.54. The molecular weight excluding hydrogens is 262 g/mol. The number of hydrogen-bond acceptors (Lipinski definition) is 3. The van der Waals surface area contributed by atoms with E-state index in [-0.39, 0.29) is 5.91 Å². The summed E-state index contributed by atoms with van der Waals surface area (Å²) in [5.74, 6) is -1.18. The molecule has 0 fully saturated rings. The molecule has 0 aliphatic carbocycles. The second-order valence-corrected chi connectivity index (χ2v) is 6.67. The Labute approximate surface area is 117 Å². The standard InChI is InChI=1S/C14H21NO3S/c1-14(2,3)12(13(17)18)15-11(16)8-4-6-10-7-5-9-19-10/h5,7,9,12H,4,6,8H2,1-3H3,(H,15,16)(H,17,18)/t12-/m0/s1. The maximum atomic E-state index is 11.8.